The molecule has 1 atom stereocenters. The van der Waals surface area contributed by atoms with E-state index in [0.717, 1.165) is 18.2 Å². The van der Waals surface area contributed by atoms with Gasteiger partial charge in [0.2, 0.25) is 5.91 Å². The maximum absolute atomic E-state index is 13.9. The highest BCUT2D eigenvalue weighted by Gasteiger charge is 2.35. The summed E-state index contributed by atoms with van der Waals surface area (Å²) in [6, 6.07) is 11.0. The largest absolute Gasteiger partial charge is 0.457 e. The van der Waals surface area contributed by atoms with E-state index in [-0.39, 0.29) is 23.0 Å². The molecule has 0 aliphatic carbocycles. The van der Waals surface area contributed by atoms with E-state index in [4.69, 9.17) is 21.5 Å². The van der Waals surface area contributed by atoms with Crippen LogP contribution in [0.15, 0.2) is 48.5 Å². The van der Waals surface area contributed by atoms with E-state index in [1.807, 2.05) is 6.07 Å². The number of hydrogen-bond donors (Lipinski definition) is 3. The number of nitrogens with zero attached hydrogens (tertiary/aromatic N) is 3. The van der Waals surface area contributed by atoms with Crippen LogP contribution in [-0.2, 0) is 11.0 Å². The fourth-order valence-electron chi connectivity index (χ4n) is 2.81. The third kappa shape index (κ3) is 5.57. The summed E-state index contributed by atoms with van der Waals surface area (Å²) in [7, 11) is 0. The number of rotatable bonds is 7. The number of primary amides is 2. The molecule has 0 aliphatic heterocycles. The van der Waals surface area contributed by atoms with Gasteiger partial charge >= 0.3 is 6.18 Å². The van der Waals surface area contributed by atoms with Gasteiger partial charge in [0, 0.05) is 11.6 Å². The molecule has 9 nitrogen and oxygen atoms in total. The van der Waals surface area contributed by atoms with Crippen LogP contribution in [0.4, 0.5) is 19.0 Å². The molecule has 1 unspecified atom stereocenters. The molecule has 2 aromatic carbocycles. The number of carbonyl (C=O) groups is 2. The Morgan fingerprint density at radius 1 is 1.06 bits per heavy atom. The van der Waals surface area contributed by atoms with Crippen molar-refractivity contribution in [2.75, 3.05) is 5.32 Å². The van der Waals surface area contributed by atoms with Crippen molar-refractivity contribution >= 4 is 17.6 Å². The van der Waals surface area contributed by atoms with Gasteiger partial charge in [0.05, 0.1) is 17.2 Å². The number of amides is 2. The number of ether oxygens (including phenoxy) is 1. The molecule has 0 radical (unpaired) electrons. The van der Waals surface area contributed by atoms with Crippen LogP contribution in [0.1, 0.15) is 28.5 Å². The quantitative estimate of drug-likeness (QED) is 0.478. The summed E-state index contributed by atoms with van der Waals surface area (Å²) in [4.78, 5) is 30.9. The first kappa shape index (κ1) is 24.0. The van der Waals surface area contributed by atoms with Crippen LogP contribution >= 0.6 is 0 Å². The number of anilines is 1. The van der Waals surface area contributed by atoms with Crippen LogP contribution in [0, 0.1) is 11.3 Å². The zero-order valence-electron chi connectivity index (χ0n) is 17.6. The first-order chi connectivity index (χ1) is 16.0. The van der Waals surface area contributed by atoms with E-state index in [0.29, 0.717) is 5.56 Å². The summed E-state index contributed by atoms with van der Waals surface area (Å²) in [6.07, 6.45) is -4.83. The number of halogens is 3. The monoisotopic (exact) mass is 470 g/mol. The van der Waals surface area contributed by atoms with Crippen molar-refractivity contribution in [1.29, 1.82) is 5.26 Å². The van der Waals surface area contributed by atoms with Gasteiger partial charge in [0.1, 0.15) is 29.1 Å². The second kappa shape index (κ2) is 9.45. The molecule has 12 heteroatoms. The second-order valence-corrected chi connectivity index (χ2v) is 7.04. The summed E-state index contributed by atoms with van der Waals surface area (Å²) in [5, 5.41) is 11.4. The van der Waals surface area contributed by atoms with Gasteiger partial charge < -0.3 is 21.5 Å². The molecule has 0 saturated carbocycles. The summed E-state index contributed by atoms with van der Waals surface area (Å²) in [5.74, 6) is -2.23. The van der Waals surface area contributed by atoms with Gasteiger partial charge in [-0.05, 0) is 49.4 Å². The fraction of sp³-hybridized carbons (Fsp3) is 0.136. The molecule has 0 fully saturated rings. The number of aromatic nitrogens is 2. The Kier molecular flexibility index (Phi) is 6.67. The molecule has 1 heterocycles. The molecule has 34 heavy (non-hydrogen) atoms. The second-order valence-electron chi connectivity index (χ2n) is 7.04. The molecular weight excluding hydrogens is 453 g/mol. The number of nitriles is 1. The van der Waals surface area contributed by atoms with Crippen LogP contribution in [0.3, 0.4) is 0 Å². The third-order valence-electron chi connectivity index (χ3n) is 4.53. The predicted octanol–water partition coefficient (Wildman–Crippen LogP) is 3.21. The Bertz CT molecular complexity index is 1290. The fourth-order valence-corrected chi connectivity index (χ4v) is 2.81. The van der Waals surface area contributed by atoms with E-state index in [1.54, 1.807) is 0 Å². The smallest absolute Gasteiger partial charge is 0.417 e. The predicted molar refractivity (Wildman–Crippen MR) is 114 cm³/mol. The summed E-state index contributed by atoms with van der Waals surface area (Å²) in [5.41, 5.74) is 8.88. The molecule has 0 aliphatic rings. The standard InChI is InChI=1S/C22H17F3N6O3/c1-11(19(27)32)29-18-9-17(20(28)33)30-21(31-18)15-7-6-14(8-16(15)22(23,24)25)34-13-4-2-12(10-26)3-5-13/h2-9,11H,1H3,(H2,27,32)(H2,28,33)(H,29,30,31). The van der Waals surface area contributed by atoms with E-state index in [1.165, 1.54) is 37.3 Å². The van der Waals surface area contributed by atoms with Gasteiger partial charge in [-0.1, -0.05) is 0 Å². The molecule has 2 amide bonds. The Labute approximate surface area is 191 Å². The first-order valence-electron chi connectivity index (χ1n) is 9.62. The van der Waals surface area contributed by atoms with Crippen molar-refractivity contribution in [1.82, 2.24) is 9.97 Å². The summed E-state index contributed by atoms with van der Waals surface area (Å²) in [6.45, 7) is 1.41. The maximum atomic E-state index is 13.9. The summed E-state index contributed by atoms with van der Waals surface area (Å²) < 4.78 is 47.2. The van der Waals surface area contributed by atoms with Crippen molar-refractivity contribution in [2.45, 2.75) is 19.1 Å². The average Bonchev–Trinajstić information content (AvgIpc) is 2.78. The molecule has 3 aromatic rings. The van der Waals surface area contributed by atoms with Crippen molar-refractivity contribution < 1.29 is 27.5 Å². The number of benzene rings is 2. The highest BCUT2D eigenvalue weighted by atomic mass is 19.4. The summed E-state index contributed by atoms with van der Waals surface area (Å²) >= 11 is 0. The lowest BCUT2D eigenvalue weighted by Crippen LogP contribution is -2.33. The Morgan fingerprint density at radius 2 is 1.71 bits per heavy atom. The minimum Gasteiger partial charge on any atom is -0.457 e. The van der Waals surface area contributed by atoms with Crippen molar-refractivity contribution in [3.8, 4) is 29.0 Å². The molecule has 0 saturated heterocycles. The van der Waals surface area contributed by atoms with Crippen molar-refractivity contribution in [3.05, 3.63) is 65.4 Å². The number of alkyl halides is 3. The van der Waals surface area contributed by atoms with Crippen LogP contribution in [-0.4, -0.2) is 27.8 Å². The first-order valence-corrected chi connectivity index (χ1v) is 9.62. The number of carbonyl (C=O) groups excluding carboxylic acids is 2. The molecule has 0 bridgehead atoms. The average molecular weight is 470 g/mol. The molecule has 1 aromatic heterocycles. The van der Waals surface area contributed by atoms with Crippen LogP contribution in [0.5, 0.6) is 11.5 Å². The van der Waals surface area contributed by atoms with Gasteiger partial charge in [0.25, 0.3) is 5.91 Å². The van der Waals surface area contributed by atoms with E-state index in [9.17, 15) is 22.8 Å². The van der Waals surface area contributed by atoms with Gasteiger partial charge in [-0.3, -0.25) is 9.59 Å². The lowest BCUT2D eigenvalue weighted by molar-refractivity contribution is -0.137. The Morgan fingerprint density at radius 3 is 2.26 bits per heavy atom. The van der Waals surface area contributed by atoms with Gasteiger partial charge in [-0.25, -0.2) is 9.97 Å². The van der Waals surface area contributed by atoms with Gasteiger partial charge in [-0.2, -0.15) is 18.4 Å². The van der Waals surface area contributed by atoms with E-state index >= 15 is 0 Å². The van der Waals surface area contributed by atoms with Crippen LogP contribution in [0.25, 0.3) is 11.4 Å². The molecule has 0 spiro atoms. The highest BCUT2D eigenvalue weighted by Crippen LogP contribution is 2.39. The van der Waals surface area contributed by atoms with Crippen LogP contribution < -0.4 is 21.5 Å². The minimum atomic E-state index is -4.83. The molecule has 174 valence electrons. The van der Waals surface area contributed by atoms with Crippen molar-refractivity contribution in [2.24, 2.45) is 11.5 Å². The van der Waals surface area contributed by atoms with E-state index in [2.05, 4.69) is 15.3 Å². The number of nitrogens with one attached hydrogen (secondary N) is 1. The Hall–Kier alpha value is -4.66. The molecule has 3 rings (SSSR count). The molecular formula is C22H17F3N6O3. The normalized spacial score (nSPS) is 11.9. The maximum Gasteiger partial charge on any atom is 0.417 e. The third-order valence-corrected chi connectivity index (χ3v) is 4.53. The Balaban J connectivity index is 2.07. The van der Waals surface area contributed by atoms with Gasteiger partial charge in [0.15, 0.2) is 5.82 Å². The van der Waals surface area contributed by atoms with E-state index < -0.39 is 41.0 Å². The zero-order chi connectivity index (χ0) is 25.0. The molecule has 5 N–H and O–H groups in total. The topological polar surface area (TPSA) is 157 Å². The zero-order valence-corrected chi connectivity index (χ0v) is 17.6. The number of hydrogen-bond acceptors (Lipinski definition) is 7. The minimum absolute atomic E-state index is 0.115. The lowest BCUT2D eigenvalue weighted by atomic mass is 10.1. The van der Waals surface area contributed by atoms with Gasteiger partial charge in [-0.15, -0.1) is 0 Å². The van der Waals surface area contributed by atoms with Crippen molar-refractivity contribution in [3.63, 3.8) is 0 Å². The SMILES string of the molecule is CC(Nc1cc(C(N)=O)nc(-c2ccc(Oc3ccc(C#N)cc3)cc2C(F)(F)F)n1)C(N)=O. The highest BCUT2D eigenvalue weighted by molar-refractivity contribution is 5.92. The van der Waals surface area contributed by atoms with Crippen LogP contribution in [0.2, 0.25) is 0 Å². The number of nitrogens with two attached hydrogens (primary N) is 2. The lowest BCUT2D eigenvalue weighted by Gasteiger charge is -2.16.